The molecule has 0 saturated carbocycles. The number of piperidine rings is 2. The summed E-state index contributed by atoms with van der Waals surface area (Å²) < 4.78 is 0. The maximum absolute atomic E-state index is 12.6. The van der Waals surface area contributed by atoms with Crippen LogP contribution in [0, 0.1) is 6.92 Å². The van der Waals surface area contributed by atoms with Crippen molar-refractivity contribution in [3.63, 3.8) is 0 Å². The number of anilines is 5. The van der Waals surface area contributed by atoms with Gasteiger partial charge in [-0.2, -0.15) is 15.0 Å². The van der Waals surface area contributed by atoms with E-state index in [0.717, 1.165) is 12.8 Å². The highest BCUT2D eigenvalue weighted by atomic mass is 16.2. The van der Waals surface area contributed by atoms with Gasteiger partial charge in [0.1, 0.15) is 5.56 Å². The number of aromatic nitrogens is 4. The Balaban J connectivity index is 1.36. The van der Waals surface area contributed by atoms with E-state index in [1.54, 1.807) is 37.3 Å². The SMILES string of the molecule is Cc1ccc(C(=O)Nc2ccc(Nc3nc(N4C[C@H](N)C[C@H](N)C4)nc(N4C[C@H](N)C[C@H](N)C4)n3)cc2)c(=O)[nH]1. The molecule has 0 radical (unpaired) electrons. The summed E-state index contributed by atoms with van der Waals surface area (Å²) in [7, 11) is 0. The third-order valence-corrected chi connectivity index (χ3v) is 6.91. The molecule has 2 aromatic heterocycles. The molecule has 0 unspecified atom stereocenters. The molecule has 2 saturated heterocycles. The Hall–Kier alpha value is -4.11. The summed E-state index contributed by atoms with van der Waals surface area (Å²) in [4.78, 5) is 45.3. The minimum absolute atomic E-state index is 0.0346. The molecule has 0 aliphatic carbocycles. The molecule has 1 amide bonds. The van der Waals surface area contributed by atoms with Crippen LogP contribution < -0.4 is 48.9 Å². The minimum atomic E-state index is -0.496. The van der Waals surface area contributed by atoms with Crippen molar-refractivity contribution in [3.05, 3.63) is 58.0 Å². The number of aryl methyl sites for hydroxylation is 1. The van der Waals surface area contributed by atoms with E-state index in [1.807, 2.05) is 9.80 Å². The lowest BCUT2D eigenvalue weighted by Gasteiger charge is -2.37. The number of nitrogens with zero attached hydrogens (tertiary/aromatic N) is 5. The van der Waals surface area contributed by atoms with Gasteiger partial charge in [-0.15, -0.1) is 0 Å². The van der Waals surface area contributed by atoms with Gasteiger partial charge in [0.15, 0.2) is 0 Å². The number of rotatable bonds is 6. The van der Waals surface area contributed by atoms with Crippen LogP contribution in [0.25, 0.3) is 0 Å². The van der Waals surface area contributed by atoms with Crippen molar-refractivity contribution in [2.24, 2.45) is 22.9 Å². The number of H-pyrrole nitrogens is 1. The van der Waals surface area contributed by atoms with Gasteiger partial charge in [0.05, 0.1) is 0 Å². The number of pyridine rings is 1. The van der Waals surface area contributed by atoms with Crippen molar-refractivity contribution in [2.75, 3.05) is 46.6 Å². The van der Waals surface area contributed by atoms with Crippen molar-refractivity contribution in [1.82, 2.24) is 19.9 Å². The molecule has 4 atom stereocenters. The minimum Gasteiger partial charge on any atom is -0.338 e. The summed E-state index contributed by atoms with van der Waals surface area (Å²) >= 11 is 0. The Morgan fingerprint density at radius 2 is 1.30 bits per heavy atom. The summed E-state index contributed by atoms with van der Waals surface area (Å²) in [6.07, 6.45) is 1.47. The third kappa shape index (κ3) is 6.54. The van der Waals surface area contributed by atoms with E-state index in [4.69, 9.17) is 27.9 Å². The lowest BCUT2D eigenvalue weighted by Crippen LogP contribution is -2.54. The van der Waals surface area contributed by atoms with Crippen LogP contribution in [0.15, 0.2) is 41.2 Å². The first-order valence-electron chi connectivity index (χ1n) is 13.3. The lowest BCUT2D eigenvalue weighted by atomic mass is 10.0. The van der Waals surface area contributed by atoms with Gasteiger partial charge in [-0.1, -0.05) is 0 Å². The van der Waals surface area contributed by atoms with Crippen molar-refractivity contribution in [1.29, 1.82) is 0 Å². The van der Waals surface area contributed by atoms with Crippen molar-refractivity contribution in [3.8, 4) is 0 Å². The number of carbonyl (C=O) groups excluding carboxylic acids is 1. The van der Waals surface area contributed by atoms with Gasteiger partial charge in [0.25, 0.3) is 11.5 Å². The van der Waals surface area contributed by atoms with Gasteiger partial charge in [0, 0.05) is 67.4 Å². The van der Waals surface area contributed by atoms with Crippen LogP contribution >= 0.6 is 0 Å². The van der Waals surface area contributed by atoms with Crippen LogP contribution in [0.3, 0.4) is 0 Å². The first-order chi connectivity index (χ1) is 19.1. The fraction of sp³-hybridized carbons (Fsp3) is 0.423. The van der Waals surface area contributed by atoms with Crippen molar-refractivity contribution >= 4 is 35.1 Å². The second kappa shape index (κ2) is 11.6. The Morgan fingerprint density at radius 3 is 1.80 bits per heavy atom. The van der Waals surface area contributed by atoms with E-state index < -0.39 is 11.5 Å². The van der Waals surface area contributed by atoms with Crippen LogP contribution in [0.1, 0.15) is 28.9 Å². The lowest BCUT2D eigenvalue weighted by molar-refractivity contribution is 0.102. The van der Waals surface area contributed by atoms with Crippen LogP contribution in [-0.2, 0) is 0 Å². The average molecular weight is 549 g/mol. The van der Waals surface area contributed by atoms with Crippen LogP contribution in [0.5, 0.6) is 0 Å². The molecule has 11 N–H and O–H groups in total. The molecular weight excluding hydrogens is 512 g/mol. The molecule has 2 aliphatic heterocycles. The second-order valence-electron chi connectivity index (χ2n) is 10.6. The number of amides is 1. The van der Waals surface area contributed by atoms with E-state index in [1.165, 1.54) is 6.07 Å². The summed E-state index contributed by atoms with van der Waals surface area (Å²) in [6.45, 7) is 4.06. The van der Waals surface area contributed by atoms with Gasteiger partial charge >= 0.3 is 0 Å². The number of aromatic amines is 1. The third-order valence-electron chi connectivity index (χ3n) is 6.91. The molecule has 2 aliphatic rings. The first kappa shape index (κ1) is 27.5. The molecule has 40 heavy (non-hydrogen) atoms. The normalized spacial score (nSPS) is 23.1. The molecule has 4 heterocycles. The molecule has 0 bridgehead atoms. The topological polar surface area (TPSA) is 223 Å². The van der Waals surface area contributed by atoms with Crippen LogP contribution in [0.4, 0.5) is 29.2 Å². The van der Waals surface area contributed by atoms with E-state index in [-0.39, 0.29) is 29.7 Å². The maximum Gasteiger partial charge on any atom is 0.261 e. The predicted octanol–water partition coefficient (Wildman–Crippen LogP) is -0.406. The quantitative estimate of drug-likeness (QED) is 0.209. The van der Waals surface area contributed by atoms with Gasteiger partial charge in [-0.05, 0) is 56.2 Å². The van der Waals surface area contributed by atoms with Gasteiger partial charge < -0.3 is 48.4 Å². The van der Waals surface area contributed by atoms with Crippen LogP contribution in [0.2, 0.25) is 0 Å². The maximum atomic E-state index is 12.6. The first-order valence-corrected chi connectivity index (χ1v) is 13.3. The number of hydrogen-bond donors (Lipinski definition) is 7. The number of nitrogens with one attached hydrogen (secondary N) is 3. The summed E-state index contributed by atoms with van der Waals surface area (Å²) in [5, 5.41) is 5.97. The van der Waals surface area contributed by atoms with Gasteiger partial charge in [-0.3, -0.25) is 9.59 Å². The molecule has 14 nitrogen and oxygen atoms in total. The Bertz CT molecular complexity index is 1350. The fourth-order valence-corrected chi connectivity index (χ4v) is 5.09. The molecule has 212 valence electrons. The Kier molecular flexibility index (Phi) is 7.93. The number of nitrogens with two attached hydrogens (primary N) is 4. The Labute approximate surface area is 231 Å². The number of hydrogen-bond acceptors (Lipinski definition) is 12. The molecule has 5 rings (SSSR count). The zero-order chi connectivity index (χ0) is 28.4. The average Bonchev–Trinajstić information content (AvgIpc) is 2.88. The predicted molar refractivity (Wildman–Crippen MR) is 155 cm³/mol. The van der Waals surface area contributed by atoms with Crippen molar-refractivity contribution in [2.45, 2.75) is 43.9 Å². The zero-order valence-electron chi connectivity index (χ0n) is 22.4. The zero-order valence-corrected chi connectivity index (χ0v) is 22.4. The van der Waals surface area contributed by atoms with E-state index in [2.05, 4.69) is 25.6 Å². The molecule has 14 heteroatoms. The summed E-state index contributed by atoms with van der Waals surface area (Å²) in [6, 6.07) is 9.82. The molecule has 2 fully saturated rings. The highest BCUT2D eigenvalue weighted by Crippen LogP contribution is 2.24. The standard InChI is InChI=1S/C26H36N12O2/c1-14-2-7-21(22(39)31-14)23(40)32-19-3-5-20(6-4-19)33-24-34-25(37-10-15(27)8-16(28)11-37)36-26(35-24)38-12-17(29)9-18(30)13-38/h2-7,15-18H,8-13,27-30H2,1H3,(H,31,39)(H,32,40)(H,33,34,35,36)/t15-,16+,17-,18+. The number of benzene rings is 1. The molecular formula is C26H36N12O2. The largest absolute Gasteiger partial charge is 0.338 e. The smallest absolute Gasteiger partial charge is 0.261 e. The molecule has 1 aromatic carbocycles. The summed E-state index contributed by atoms with van der Waals surface area (Å²) in [5.41, 5.74) is 26.4. The van der Waals surface area contributed by atoms with E-state index >= 15 is 0 Å². The Morgan fingerprint density at radius 1 is 0.800 bits per heavy atom. The molecule has 3 aromatic rings. The number of carbonyl (C=O) groups is 1. The second-order valence-corrected chi connectivity index (χ2v) is 10.6. The van der Waals surface area contributed by atoms with Crippen molar-refractivity contribution < 1.29 is 4.79 Å². The van der Waals surface area contributed by atoms with Crippen LogP contribution in [-0.4, -0.2) is 76.2 Å². The van der Waals surface area contributed by atoms with Gasteiger partial charge in [-0.25, -0.2) is 0 Å². The van der Waals surface area contributed by atoms with E-state index in [0.29, 0.717) is 61.1 Å². The highest BCUT2D eigenvalue weighted by Gasteiger charge is 2.28. The molecule has 0 spiro atoms. The summed E-state index contributed by atoms with van der Waals surface area (Å²) in [5.74, 6) is 0.782. The van der Waals surface area contributed by atoms with E-state index in [9.17, 15) is 9.59 Å². The monoisotopic (exact) mass is 548 g/mol. The fourth-order valence-electron chi connectivity index (χ4n) is 5.09. The highest BCUT2D eigenvalue weighted by molar-refractivity contribution is 6.04. The van der Waals surface area contributed by atoms with Gasteiger partial charge in [0.2, 0.25) is 17.8 Å².